The van der Waals surface area contributed by atoms with Gasteiger partial charge in [0.15, 0.2) is 17.7 Å². The van der Waals surface area contributed by atoms with Crippen LogP contribution >= 0.6 is 19.5 Å². The number of nitrogens with one attached hydrogen (secondary N) is 1. The smallest absolute Gasteiger partial charge is 0.459 e. The largest absolute Gasteiger partial charge is 0.462 e. The summed E-state index contributed by atoms with van der Waals surface area (Å²) in [6.07, 6.45) is -0.659. The molecule has 3 aromatic rings. The molecule has 218 valence electrons. The summed E-state index contributed by atoms with van der Waals surface area (Å²) in [6, 6.07) is 7.30. The molecule has 3 heterocycles. The lowest BCUT2D eigenvalue weighted by molar-refractivity contribution is -0.149. The molecule has 1 fully saturated rings. The average molecular weight is 597 g/mol. The number of esters is 1. The molecule has 2 aromatic heterocycles. The van der Waals surface area contributed by atoms with Gasteiger partial charge in [-0.15, -0.1) is 0 Å². The minimum absolute atomic E-state index is 0.147. The van der Waals surface area contributed by atoms with Gasteiger partial charge in [0.05, 0.1) is 19.0 Å². The minimum Gasteiger partial charge on any atom is -0.462 e. The van der Waals surface area contributed by atoms with Gasteiger partial charge in [0.1, 0.15) is 41.9 Å². The van der Waals surface area contributed by atoms with Crippen molar-refractivity contribution in [2.75, 3.05) is 24.3 Å². The van der Waals surface area contributed by atoms with Crippen molar-refractivity contribution in [3.05, 3.63) is 43.0 Å². The fourth-order valence-corrected chi connectivity index (χ4v) is 6.02. The molecule has 1 unspecified atom stereocenters. The average Bonchev–Trinajstić information content (AvgIpc) is 3.47. The molecule has 0 spiro atoms. The normalized spacial score (nSPS) is 23.2. The monoisotopic (exact) mass is 596 g/mol. The summed E-state index contributed by atoms with van der Waals surface area (Å²) in [6.45, 7) is 2.97. The predicted molar refractivity (Wildman–Crippen MR) is 147 cm³/mol. The number of aliphatic hydroxyl groups is 2. The van der Waals surface area contributed by atoms with Gasteiger partial charge in [-0.1, -0.05) is 18.2 Å². The van der Waals surface area contributed by atoms with Crippen LogP contribution in [0, 0.1) is 0 Å². The van der Waals surface area contributed by atoms with Gasteiger partial charge in [-0.25, -0.2) is 19.5 Å². The van der Waals surface area contributed by atoms with Crippen LogP contribution in [0.5, 0.6) is 5.75 Å². The topological polar surface area (TPSA) is 193 Å². The number of imidazole rings is 1. The lowest BCUT2D eigenvalue weighted by Gasteiger charge is -2.26. The summed E-state index contributed by atoms with van der Waals surface area (Å²) < 4.78 is 38.1. The number of nitrogens with two attached hydrogens (primary N) is 1. The maximum absolute atomic E-state index is 14.0. The number of anilines is 1. The Labute approximate surface area is 235 Å². The molecule has 40 heavy (non-hydrogen) atoms. The Bertz CT molecular complexity index is 1330. The number of carbonyl (C=O) groups is 1. The van der Waals surface area contributed by atoms with Crippen LogP contribution in [0.1, 0.15) is 26.5 Å². The number of rotatable bonds is 13. The standard InChI is InChI=1S/C24H33N6O8PS/c1-14(2)36-24(33)16(9-10-40-3)29-39(34,38-15-7-5-4-6-8-15)35-11-17-19(31)20(32)23(37-17)30-13-28-18-21(25)26-12-27-22(18)30/h4-8,12-14,16-17,19-20,23,31-32H,9-11H2,1-3H3,(H,29,34)(H2,25,26,27)/t16-,17+,19+,20-,23+,39?/m0/s1. The number of nitrogen functional groups attached to an aromatic ring is 1. The fraction of sp³-hybridized carbons (Fsp3) is 0.500. The van der Waals surface area contributed by atoms with Gasteiger partial charge in [0, 0.05) is 0 Å². The van der Waals surface area contributed by atoms with E-state index in [1.807, 2.05) is 6.26 Å². The molecule has 4 rings (SSSR count). The second-order valence-corrected chi connectivity index (χ2v) is 12.0. The van der Waals surface area contributed by atoms with Crippen molar-refractivity contribution >= 4 is 42.5 Å². The molecule has 0 amide bonds. The van der Waals surface area contributed by atoms with Crippen molar-refractivity contribution in [1.29, 1.82) is 0 Å². The number of ether oxygens (including phenoxy) is 2. The zero-order chi connectivity index (χ0) is 28.9. The van der Waals surface area contributed by atoms with Gasteiger partial charge in [-0.2, -0.15) is 16.8 Å². The zero-order valence-electron chi connectivity index (χ0n) is 22.2. The van der Waals surface area contributed by atoms with E-state index in [1.54, 1.807) is 44.2 Å². The summed E-state index contributed by atoms with van der Waals surface area (Å²) in [5, 5.41) is 24.2. The van der Waals surface area contributed by atoms with Crippen LogP contribution in [0.3, 0.4) is 0 Å². The molecular formula is C24H33N6O8PS. The molecule has 14 nitrogen and oxygen atoms in total. The molecule has 1 saturated heterocycles. The van der Waals surface area contributed by atoms with E-state index in [4.69, 9.17) is 24.3 Å². The number of para-hydroxylation sites is 1. The third-order valence-electron chi connectivity index (χ3n) is 5.94. The number of carbonyl (C=O) groups excluding carboxylic acids is 1. The van der Waals surface area contributed by atoms with E-state index in [1.165, 1.54) is 29.0 Å². The molecule has 0 bridgehead atoms. The highest BCUT2D eigenvalue weighted by molar-refractivity contribution is 7.98. The van der Waals surface area contributed by atoms with Crippen LogP contribution in [-0.4, -0.2) is 84.8 Å². The maximum atomic E-state index is 14.0. The Kier molecular flexibility index (Phi) is 10.0. The van der Waals surface area contributed by atoms with Gasteiger partial charge in [-0.05, 0) is 44.4 Å². The van der Waals surface area contributed by atoms with E-state index in [9.17, 15) is 19.6 Å². The second kappa shape index (κ2) is 13.3. The number of hydrogen-bond acceptors (Lipinski definition) is 13. The first kappa shape index (κ1) is 30.2. The van der Waals surface area contributed by atoms with Crippen LogP contribution in [-0.2, 0) is 23.4 Å². The SMILES string of the molecule is CSCC[C@H](NP(=O)(OC[C@H]1O[C@@H](n2cnc3c(N)ncnc32)[C@@H](O)[C@@H]1O)Oc1ccccc1)C(=O)OC(C)C. The van der Waals surface area contributed by atoms with Gasteiger partial charge in [-0.3, -0.25) is 13.9 Å². The number of aromatic nitrogens is 4. The summed E-state index contributed by atoms with van der Waals surface area (Å²) >= 11 is 1.51. The highest BCUT2D eigenvalue weighted by atomic mass is 32.2. The van der Waals surface area contributed by atoms with E-state index in [-0.39, 0.29) is 17.7 Å². The first-order chi connectivity index (χ1) is 19.1. The van der Waals surface area contributed by atoms with Gasteiger partial charge in [0.2, 0.25) is 0 Å². The molecule has 16 heteroatoms. The number of aliphatic hydroxyl groups excluding tert-OH is 2. The lowest BCUT2D eigenvalue weighted by Crippen LogP contribution is -2.40. The molecule has 1 aliphatic heterocycles. The third kappa shape index (κ3) is 7.10. The van der Waals surface area contributed by atoms with Crippen LogP contribution in [0.4, 0.5) is 5.82 Å². The summed E-state index contributed by atoms with van der Waals surface area (Å²) in [5.41, 5.74) is 6.45. The highest BCUT2D eigenvalue weighted by Crippen LogP contribution is 2.46. The zero-order valence-corrected chi connectivity index (χ0v) is 23.9. The Morgan fingerprint density at radius 1 is 1.23 bits per heavy atom. The molecular weight excluding hydrogens is 563 g/mol. The lowest BCUT2D eigenvalue weighted by atomic mass is 10.1. The van der Waals surface area contributed by atoms with E-state index in [0.29, 0.717) is 23.3 Å². The molecule has 0 saturated carbocycles. The van der Waals surface area contributed by atoms with E-state index < -0.39 is 50.9 Å². The molecule has 5 N–H and O–H groups in total. The summed E-state index contributed by atoms with van der Waals surface area (Å²) in [7, 11) is -4.25. The first-order valence-electron chi connectivity index (χ1n) is 12.5. The Balaban J connectivity index is 1.53. The molecule has 0 aliphatic carbocycles. The number of benzene rings is 1. The third-order valence-corrected chi connectivity index (χ3v) is 8.15. The van der Waals surface area contributed by atoms with Crippen LogP contribution < -0.4 is 15.3 Å². The Hall–Kier alpha value is -2.78. The Morgan fingerprint density at radius 3 is 2.67 bits per heavy atom. The molecule has 1 aliphatic rings. The van der Waals surface area contributed by atoms with Gasteiger partial charge < -0.3 is 29.9 Å². The second-order valence-electron chi connectivity index (χ2n) is 9.28. The fourth-order valence-electron chi connectivity index (χ4n) is 4.01. The van der Waals surface area contributed by atoms with Crippen LogP contribution in [0.2, 0.25) is 0 Å². The minimum atomic E-state index is -4.25. The number of hydrogen-bond donors (Lipinski definition) is 4. The van der Waals surface area contributed by atoms with Crippen LogP contribution in [0.25, 0.3) is 11.2 Å². The summed E-state index contributed by atoms with van der Waals surface area (Å²) in [5.74, 6) is 0.341. The van der Waals surface area contributed by atoms with E-state index >= 15 is 0 Å². The van der Waals surface area contributed by atoms with E-state index in [0.717, 1.165) is 0 Å². The van der Waals surface area contributed by atoms with Crippen molar-refractivity contribution in [2.24, 2.45) is 0 Å². The first-order valence-corrected chi connectivity index (χ1v) is 15.5. The van der Waals surface area contributed by atoms with E-state index in [2.05, 4.69) is 20.0 Å². The number of thioether (sulfide) groups is 1. The van der Waals surface area contributed by atoms with Crippen molar-refractivity contribution < 1.29 is 38.1 Å². The molecule has 1 aromatic carbocycles. The van der Waals surface area contributed by atoms with Crippen molar-refractivity contribution in [2.45, 2.75) is 57.0 Å². The number of nitrogens with zero attached hydrogens (tertiary/aromatic N) is 4. The Morgan fingerprint density at radius 2 is 1.98 bits per heavy atom. The molecule has 6 atom stereocenters. The number of fused-ring (bicyclic) bond motifs is 1. The van der Waals surface area contributed by atoms with Gasteiger partial charge >= 0.3 is 13.7 Å². The van der Waals surface area contributed by atoms with Crippen molar-refractivity contribution in [3.8, 4) is 5.75 Å². The van der Waals surface area contributed by atoms with Crippen LogP contribution in [0.15, 0.2) is 43.0 Å². The highest BCUT2D eigenvalue weighted by Gasteiger charge is 2.46. The van der Waals surface area contributed by atoms with Crippen molar-refractivity contribution in [3.63, 3.8) is 0 Å². The molecule has 0 radical (unpaired) electrons. The quantitative estimate of drug-likeness (QED) is 0.165. The summed E-state index contributed by atoms with van der Waals surface area (Å²) in [4.78, 5) is 25.0. The maximum Gasteiger partial charge on any atom is 0.459 e. The predicted octanol–water partition coefficient (Wildman–Crippen LogP) is 1.89. The van der Waals surface area contributed by atoms with Gasteiger partial charge in [0.25, 0.3) is 0 Å². The van der Waals surface area contributed by atoms with Crippen molar-refractivity contribution in [1.82, 2.24) is 24.6 Å².